The Hall–Kier alpha value is -3.49. The third kappa shape index (κ3) is 5.61. The molecular weight excluding hydrogens is 476 g/mol. The number of nitrogens with one attached hydrogen (secondary N) is 2. The average molecular weight is 503 g/mol. The fourth-order valence-corrected chi connectivity index (χ4v) is 5.47. The first-order valence-corrected chi connectivity index (χ1v) is 12.9. The van der Waals surface area contributed by atoms with E-state index in [1.807, 2.05) is 72.1 Å². The van der Waals surface area contributed by atoms with E-state index in [9.17, 15) is 4.79 Å². The molecule has 4 aromatic rings. The first-order chi connectivity index (χ1) is 17.2. The first-order valence-electron chi connectivity index (χ1n) is 11.6. The van der Waals surface area contributed by atoms with Gasteiger partial charge in [-0.05, 0) is 48.8 Å². The van der Waals surface area contributed by atoms with Crippen LogP contribution >= 0.6 is 23.6 Å². The zero-order valence-electron chi connectivity index (χ0n) is 19.1. The molecule has 8 heteroatoms. The molecule has 0 radical (unpaired) electrons. The van der Waals surface area contributed by atoms with Gasteiger partial charge in [0, 0.05) is 35.6 Å². The molecule has 1 aliphatic heterocycles. The van der Waals surface area contributed by atoms with E-state index in [1.165, 1.54) is 0 Å². The molecule has 1 aliphatic rings. The molecule has 0 saturated carbocycles. The van der Waals surface area contributed by atoms with Crippen molar-refractivity contribution in [1.82, 2.24) is 15.2 Å². The van der Waals surface area contributed by atoms with Crippen LogP contribution in [0.4, 0.5) is 5.69 Å². The van der Waals surface area contributed by atoms with Crippen LogP contribution in [0.3, 0.4) is 0 Å². The number of para-hydroxylation sites is 1. The van der Waals surface area contributed by atoms with E-state index in [0.29, 0.717) is 18.2 Å². The summed E-state index contributed by atoms with van der Waals surface area (Å²) in [5, 5.41) is 9.94. The molecule has 0 aliphatic carbocycles. The molecule has 1 fully saturated rings. The number of carbonyl (C=O) groups is 1. The lowest BCUT2D eigenvalue weighted by atomic mass is 9.98. The normalized spacial score (nSPS) is 14.0. The van der Waals surface area contributed by atoms with Crippen LogP contribution in [0.2, 0.25) is 0 Å². The van der Waals surface area contributed by atoms with Crippen LogP contribution in [0.15, 0.2) is 82.8 Å². The second-order valence-electron chi connectivity index (χ2n) is 8.44. The Morgan fingerprint density at radius 1 is 1.06 bits per heavy atom. The van der Waals surface area contributed by atoms with E-state index in [-0.39, 0.29) is 5.91 Å². The summed E-state index contributed by atoms with van der Waals surface area (Å²) in [6.07, 6.45) is 3.57. The van der Waals surface area contributed by atoms with Gasteiger partial charge in [-0.1, -0.05) is 48.5 Å². The lowest BCUT2D eigenvalue weighted by molar-refractivity contribution is 0.102. The number of aromatic nitrogens is 1. The molecule has 5 rings (SSSR count). The third-order valence-corrected chi connectivity index (χ3v) is 7.55. The largest absolute Gasteiger partial charge is 0.467 e. The minimum absolute atomic E-state index is 0.184. The van der Waals surface area contributed by atoms with Gasteiger partial charge in [-0.15, -0.1) is 11.3 Å². The summed E-state index contributed by atoms with van der Waals surface area (Å²) in [6.45, 7) is 2.31. The molecule has 1 saturated heterocycles. The quantitative estimate of drug-likeness (QED) is 0.320. The highest BCUT2D eigenvalue weighted by Crippen LogP contribution is 2.31. The Morgan fingerprint density at radius 2 is 1.83 bits per heavy atom. The molecule has 0 spiro atoms. The number of furan rings is 1. The minimum Gasteiger partial charge on any atom is -0.467 e. The van der Waals surface area contributed by atoms with Crippen molar-refractivity contribution in [3.05, 3.63) is 94.8 Å². The molecule has 2 aromatic carbocycles. The van der Waals surface area contributed by atoms with Crippen LogP contribution in [0, 0.1) is 0 Å². The summed E-state index contributed by atoms with van der Waals surface area (Å²) in [4.78, 5) is 19.9. The number of nitrogens with zero attached hydrogens (tertiary/aromatic N) is 2. The number of benzene rings is 2. The number of hydrogen-bond acceptors (Lipinski definition) is 5. The molecule has 0 bridgehead atoms. The third-order valence-electron chi connectivity index (χ3n) is 6.14. The van der Waals surface area contributed by atoms with Gasteiger partial charge < -0.3 is 20.0 Å². The fourth-order valence-electron chi connectivity index (χ4n) is 4.24. The minimum atomic E-state index is -0.184. The number of carbonyl (C=O) groups excluding carboxylic acids is 1. The molecule has 35 heavy (non-hydrogen) atoms. The van der Waals surface area contributed by atoms with Crippen LogP contribution in [0.1, 0.15) is 40.0 Å². The predicted molar refractivity (Wildman–Crippen MR) is 144 cm³/mol. The second kappa shape index (κ2) is 10.8. The van der Waals surface area contributed by atoms with Gasteiger partial charge in [-0.25, -0.2) is 4.98 Å². The van der Waals surface area contributed by atoms with Gasteiger partial charge in [0.1, 0.15) is 11.5 Å². The highest BCUT2D eigenvalue weighted by Gasteiger charge is 2.25. The summed E-state index contributed by atoms with van der Waals surface area (Å²) >= 11 is 7.12. The monoisotopic (exact) mass is 502 g/mol. The molecule has 0 unspecified atom stereocenters. The van der Waals surface area contributed by atoms with Crippen molar-refractivity contribution < 1.29 is 9.21 Å². The van der Waals surface area contributed by atoms with Gasteiger partial charge in [-0.2, -0.15) is 0 Å². The lowest BCUT2D eigenvalue weighted by Gasteiger charge is -2.33. The van der Waals surface area contributed by atoms with Gasteiger partial charge in [0.15, 0.2) is 5.11 Å². The smallest absolute Gasteiger partial charge is 0.275 e. The predicted octanol–water partition coefficient (Wildman–Crippen LogP) is 5.91. The van der Waals surface area contributed by atoms with E-state index in [4.69, 9.17) is 21.6 Å². The Morgan fingerprint density at radius 3 is 2.60 bits per heavy atom. The topological polar surface area (TPSA) is 70.4 Å². The molecule has 2 N–H and O–H groups in total. The maximum atomic E-state index is 13.0. The van der Waals surface area contributed by atoms with E-state index in [0.717, 1.165) is 58.6 Å². The van der Waals surface area contributed by atoms with E-state index in [1.54, 1.807) is 17.6 Å². The van der Waals surface area contributed by atoms with Crippen molar-refractivity contribution in [3.63, 3.8) is 0 Å². The number of thiocarbonyl (C=S) groups is 1. The molecule has 6 nitrogen and oxygen atoms in total. The maximum Gasteiger partial charge on any atom is 0.275 e. The number of hydrogen-bond donors (Lipinski definition) is 2. The Kier molecular flexibility index (Phi) is 7.20. The lowest BCUT2D eigenvalue weighted by Crippen LogP contribution is -2.43. The van der Waals surface area contributed by atoms with Gasteiger partial charge in [-0.3, -0.25) is 4.79 Å². The SMILES string of the molecule is O=C(Nc1ccccc1-c1ccccc1)c1csc(C2CCN(C(=S)NCc3ccco3)CC2)n1. The van der Waals surface area contributed by atoms with Gasteiger partial charge >= 0.3 is 0 Å². The molecular formula is C27H26N4O2S2. The van der Waals surface area contributed by atoms with Crippen molar-refractivity contribution in [1.29, 1.82) is 0 Å². The molecule has 0 atom stereocenters. The fraction of sp³-hybridized carbons (Fsp3) is 0.222. The van der Waals surface area contributed by atoms with Crippen molar-refractivity contribution in [2.45, 2.75) is 25.3 Å². The Bertz CT molecular complexity index is 1280. The van der Waals surface area contributed by atoms with Crippen LogP contribution in [-0.4, -0.2) is 34.0 Å². The molecule has 3 heterocycles. The van der Waals surface area contributed by atoms with Gasteiger partial charge in [0.25, 0.3) is 5.91 Å². The zero-order chi connectivity index (χ0) is 24.0. The average Bonchev–Trinajstić information content (AvgIpc) is 3.61. The van der Waals surface area contributed by atoms with Crippen LogP contribution in [-0.2, 0) is 6.54 Å². The summed E-state index contributed by atoms with van der Waals surface area (Å²) in [5.41, 5.74) is 3.29. The van der Waals surface area contributed by atoms with Gasteiger partial charge in [0.2, 0.25) is 0 Å². The van der Waals surface area contributed by atoms with Crippen molar-refractivity contribution in [2.24, 2.45) is 0 Å². The number of piperidine rings is 1. The Labute approximate surface area is 214 Å². The van der Waals surface area contributed by atoms with Crippen LogP contribution in [0.5, 0.6) is 0 Å². The number of rotatable bonds is 6. The summed E-state index contributed by atoms with van der Waals surface area (Å²) in [6, 6.07) is 21.7. The number of amides is 1. The number of thiazole rings is 1. The Balaban J connectivity index is 1.17. The van der Waals surface area contributed by atoms with Crippen LogP contribution < -0.4 is 10.6 Å². The number of anilines is 1. The second-order valence-corrected chi connectivity index (χ2v) is 9.71. The van der Waals surface area contributed by atoms with E-state index >= 15 is 0 Å². The highest BCUT2D eigenvalue weighted by atomic mass is 32.1. The van der Waals surface area contributed by atoms with Crippen molar-refractivity contribution in [2.75, 3.05) is 18.4 Å². The van der Waals surface area contributed by atoms with Crippen molar-refractivity contribution in [3.8, 4) is 11.1 Å². The molecule has 1 amide bonds. The van der Waals surface area contributed by atoms with Crippen LogP contribution in [0.25, 0.3) is 11.1 Å². The maximum absolute atomic E-state index is 13.0. The first kappa shape index (κ1) is 23.3. The highest BCUT2D eigenvalue weighted by molar-refractivity contribution is 7.80. The van der Waals surface area contributed by atoms with E-state index in [2.05, 4.69) is 15.5 Å². The molecule has 2 aromatic heterocycles. The summed E-state index contributed by atoms with van der Waals surface area (Å²) in [7, 11) is 0. The van der Waals surface area contributed by atoms with Gasteiger partial charge in [0.05, 0.1) is 17.8 Å². The van der Waals surface area contributed by atoms with Crippen molar-refractivity contribution >= 4 is 40.3 Å². The molecule has 178 valence electrons. The summed E-state index contributed by atoms with van der Waals surface area (Å²) < 4.78 is 5.35. The zero-order valence-corrected chi connectivity index (χ0v) is 20.8. The van der Waals surface area contributed by atoms with E-state index < -0.39 is 0 Å². The standard InChI is InChI=1S/C27H26N4O2S2/c32-25(29-23-11-5-4-10-22(23)19-7-2-1-3-8-19)24-18-35-26(30-24)20-12-14-31(15-13-20)27(34)28-17-21-9-6-16-33-21/h1-11,16,18,20H,12-15,17H2,(H,28,34)(H,29,32). The summed E-state index contributed by atoms with van der Waals surface area (Å²) in [5.74, 6) is 1.01. The number of likely N-dealkylation sites (tertiary alicyclic amines) is 1.